The SMILES string of the molecule is Cc1ccc([C@@H](O)c2cc(F)cc(F)c2)cc1. The molecule has 0 aliphatic carbocycles. The molecule has 2 rings (SSSR count). The van der Waals surface area contributed by atoms with Gasteiger partial charge >= 0.3 is 0 Å². The van der Waals surface area contributed by atoms with Gasteiger partial charge in [-0.1, -0.05) is 29.8 Å². The van der Waals surface area contributed by atoms with E-state index in [0.29, 0.717) is 5.56 Å². The summed E-state index contributed by atoms with van der Waals surface area (Å²) in [6.45, 7) is 1.93. The maximum Gasteiger partial charge on any atom is 0.126 e. The van der Waals surface area contributed by atoms with Gasteiger partial charge in [-0.05, 0) is 30.2 Å². The van der Waals surface area contributed by atoms with Gasteiger partial charge in [0.05, 0.1) is 0 Å². The molecule has 0 spiro atoms. The molecule has 88 valence electrons. The summed E-state index contributed by atoms with van der Waals surface area (Å²) in [6, 6.07) is 10.2. The van der Waals surface area contributed by atoms with Crippen molar-refractivity contribution in [1.29, 1.82) is 0 Å². The zero-order valence-corrected chi connectivity index (χ0v) is 9.32. The van der Waals surface area contributed by atoms with Gasteiger partial charge in [0.25, 0.3) is 0 Å². The summed E-state index contributed by atoms with van der Waals surface area (Å²) in [5, 5.41) is 10.00. The van der Waals surface area contributed by atoms with Crippen LogP contribution in [0.5, 0.6) is 0 Å². The maximum absolute atomic E-state index is 13.0. The summed E-state index contributed by atoms with van der Waals surface area (Å²) in [5.74, 6) is -1.38. The van der Waals surface area contributed by atoms with Gasteiger partial charge in [-0.25, -0.2) is 8.78 Å². The minimum atomic E-state index is -1.01. The van der Waals surface area contributed by atoms with Crippen molar-refractivity contribution in [2.45, 2.75) is 13.0 Å². The molecule has 17 heavy (non-hydrogen) atoms. The molecule has 0 aliphatic heterocycles. The molecule has 0 saturated carbocycles. The molecule has 0 saturated heterocycles. The molecule has 0 aliphatic rings. The van der Waals surface area contributed by atoms with Crippen molar-refractivity contribution < 1.29 is 13.9 Å². The first-order chi connectivity index (χ1) is 8.06. The summed E-state index contributed by atoms with van der Waals surface area (Å²) in [4.78, 5) is 0. The number of benzene rings is 2. The third kappa shape index (κ3) is 2.68. The van der Waals surface area contributed by atoms with Crippen LogP contribution in [0.2, 0.25) is 0 Å². The van der Waals surface area contributed by atoms with Crippen LogP contribution >= 0.6 is 0 Å². The second kappa shape index (κ2) is 4.63. The average molecular weight is 234 g/mol. The Labute approximate surface area is 98.3 Å². The molecule has 2 aromatic rings. The summed E-state index contributed by atoms with van der Waals surface area (Å²) < 4.78 is 26.0. The molecule has 1 nitrogen and oxygen atoms in total. The minimum Gasteiger partial charge on any atom is -0.384 e. The van der Waals surface area contributed by atoms with Crippen molar-refractivity contribution in [2.75, 3.05) is 0 Å². The van der Waals surface area contributed by atoms with E-state index < -0.39 is 17.7 Å². The fourth-order valence-electron chi connectivity index (χ4n) is 1.67. The van der Waals surface area contributed by atoms with E-state index in [0.717, 1.165) is 23.8 Å². The predicted molar refractivity (Wildman–Crippen MR) is 61.6 cm³/mol. The molecule has 0 radical (unpaired) electrons. The van der Waals surface area contributed by atoms with Crippen LogP contribution in [0.3, 0.4) is 0 Å². The fraction of sp³-hybridized carbons (Fsp3) is 0.143. The van der Waals surface area contributed by atoms with E-state index in [-0.39, 0.29) is 5.56 Å². The zero-order valence-electron chi connectivity index (χ0n) is 9.32. The summed E-state index contributed by atoms with van der Waals surface area (Å²) >= 11 is 0. The smallest absolute Gasteiger partial charge is 0.126 e. The van der Waals surface area contributed by atoms with E-state index >= 15 is 0 Å². The van der Waals surface area contributed by atoms with Crippen LogP contribution in [0.15, 0.2) is 42.5 Å². The van der Waals surface area contributed by atoms with Crippen LogP contribution < -0.4 is 0 Å². The van der Waals surface area contributed by atoms with E-state index in [1.165, 1.54) is 0 Å². The normalized spacial score (nSPS) is 12.5. The van der Waals surface area contributed by atoms with E-state index in [4.69, 9.17) is 0 Å². The molecule has 1 atom stereocenters. The Morgan fingerprint density at radius 3 is 1.94 bits per heavy atom. The lowest BCUT2D eigenvalue weighted by molar-refractivity contribution is 0.219. The van der Waals surface area contributed by atoms with Crippen LogP contribution in [0.25, 0.3) is 0 Å². The van der Waals surface area contributed by atoms with Gasteiger partial charge in [-0.2, -0.15) is 0 Å². The van der Waals surface area contributed by atoms with Gasteiger partial charge in [0, 0.05) is 6.07 Å². The van der Waals surface area contributed by atoms with Gasteiger partial charge in [0.15, 0.2) is 0 Å². The lowest BCUT2D eigenvalue weighted by atomic mass is 10.0. The van der Waals surface area contributed by atoms with Gasteiger partial charge in [-0.3, -0.25) is 0 Å². The van der Waals surface area contributed by atoms with Gasteiger partial charge < -0.3 is 5.11 Å². The Kier molecular flexibility index (Phi) is 3.20. The number of hydrogen-bond acceptors (Lipinski definition) is 1. The number of halogens is 2. The fourth-order valence-corrected chi connectivity index (χ4v) is 1.67. The number of aliphatic hydroxyl groups excluding tert-OH is 1. The molecule has 0 unspecified atom stereocenters. The van der Waals surface area contributed by atoms with Crippen LogP contribution in [0.1, 0.15) is 22.8 Å². The topological polar surface area (TPSA) is 20.2 Å². The molecule has 3 heteroatoms. The lowest BCUT2D eigenvalue weighted by Gasteiger charge is -2.12. The van der Waals surface area contributed by atoms with Crippen LogP contribution in [0, 0.1) is 18.6 Å². The second-order valence-electron chi connectivity index (χ2n) is 4.02. The van der Waals surface area contributed by atoms with Gasteiger partial charge in [-0.15, -0.1) is 0 Å². The Hall–Kier alpha value is -1.74. The number of rotatable bonds is 2. The zero-order chi connectivity index (χ0) is 12.4. The summed E-state index contributed by atoms with van der Waals surface area (Å²) in [7, 11) is 0. The van der Waals surface area contributed by atoms with E-state index in [1.54, 1.807) is 12.1 Å². The highest BCUT2D eigenvalue weighted by Crippen LogP contribution is 2.23. The van der Waals surface area contributed by atoms with Crippen molar-refractivity contribution in [3.8, 4) is 0 Å². The molecule has 1 N–H and O–H groups in total. The second-order valence-corrected chi connectivity index (χ2v) is 4.02. The Bertz CT molecular complexity index is 500. The summed E-state index contributed by atoms with van der Waals surface area (Å²) in [6.07, 6.45) is -1.01. The van der Waals surface area contributed by atoms with Crippen molar-refractivity contribution in [3.63, 3.8) is 0 Å². The largest absolute Gasteiger partial charge is 0.384 e. The van der Waals surface area contributed by atoms with Crippen LogP contribution in [0.4, 0.5) is 8.78 Å². The Morgan fingerprint density at radius 2 is 1.41 bits per heavy atom. The Morgan fingerprint density at radius 1 is 0.882 bits per heavy atom. The van der Waals surface area contributed by atoms with Crippen LogP contribution in [-0.2, 0) is 0 Å². The first kappa shape index (κ1) is 11.7. The molecular weight excluding hydrogens is 222 g/mol. The first-order valence-electron chi connectivity index (χ1n) is 5.27. The standard InChI is InChI=1S/C14H12F2O/c1-9-2-4-10(5-3-9)14(17)11-6-12(15)8-13(16)7-11/h2-8,14,17H,1H3/t14-/m1/s1. The molecule has 2 aromatic carbocycles. The third-order valence-corrected chi connectivity index (χ3v) is 2.59. The quantitative estimate of drug-likeness (QED) is 0.844. The third-order valence-electron chi connectivity index (χ3n) is 2.59. The molecule has 0 fully saturated rings. The van der Waals surface area contributed by atoms with Crippen LogP contribution in [-0.4, -0.2) is 5.11 Å². The van der Waals surface area contributed by atoms with Crippen molar-refractivity contribution in [3.05, 3.63) is 70.8 Å². The Balaban J connectivity index is 2.36. The maximum atomic E-state index is 13.0. The molecule has 0 aromatic heterocycles. The monoisotopic (exact) mass is 234 g/mol. The molecular formula is C14H12F2O. The van der Waals surface area contributed by atoms with Crippen molar-refractivity contribution >= 4 is 0 Å². The highest BCUT2D eigenvalue weighted by atomic mass is 19.1. The van der Waals surface area contributed by atoms with Crippen molar-refractivity contribution in [1.82, 2.24) is 0 Å². The van der Waals surface area contributed by atoms with E-state index in [2.05, 4.69) is 0 Å². The minimum absolute atomic E-state index is 0.214. The highest BCUT2D eigenvalue weighted by Gasteiger charge is 2.12. The molecule has 0 bridgehead atoms. The van der Waals surface area contributed by atoms with E-state index in [9.17, 15) is 13.9 Å². The first-order valence-corrected chi connectivity index (χ1v) is 5.27. The van der Waals surface area contributed by atoms with Gasteiger partial charge in [0.2, 0.25) is 0 Å². The average Bonchev–Trinajstić information content (AvgIpc) is 2.28. The molecule has 0 heterocycles. The van der Waals surface area contributed by atoms with Crippen molar-refractivity contribution in [2.24, 2.45) is 0 Å². The van der Waals surface area contributed by atoms with E-state index in [1.807, 2.05) is 19.1 Å². The summed E-state index contributed by atoms with van der Waals surface area (Å²) in [5.41, 5.74) is 1.89. The predicted octanol–water partition coefficient (Wildman–Crippen LogP) is 3.35. The lowest BCUT2D eigenvalue weighted by Crippen LogP contribution is -2.01. The van der Waals surface area contributed by atoms with Gasteiger partial charge in [0.1, 0.15) is 17.7 Å². The highest BCUT2D eigenvalue weighted by molar-refractivity contribution is 5.32. The number of aryl methyl sites for hydroxylation is 1. The number of hydrogen-bond donors (Lipinski definition) is 1. The number of aliphatic hydroxyl groups is 1. The molecule has 0 amide bonds.